The first-order valence-corrected chi connectivity index (χ1v) is 9.22. The number of nitrogens with zero attached hydrogens (tertiary/aromatic N) is 1. The minimum absolute atomic E-state index is 0.0504. The standard InChI is InChI=1S/C20H22ClF3N2O/c21-17-5-4-16(19(9-17)20(22,23)24)13-27-18-3-1-2-14(8-18)11-26-7-6-15(10-25)12-26/h1-5,8-9,15H,6-7,10-13,25H2. The highest BCUT2D eigenvalue weighted by atomic mass is 35.5. The van der Waals surface area contributed by atoms with E-state index >= 15 is 0 Å². The van der Waals surface area contributed by atoms with Gasteiger partial charge < -0.3 is 10.5 Å². The summed E-state index contributed by atoms with van der Waals surface area (Å²) in [7, 11) is 0. The van der Waals surface area contributed by atoms with Crippen molar-refractivity contribution >= 4 is 11.6 Å². The zero-order chi connectivity index (χ0) is 19.4. The Balaban J connectivity index is 1.66. The van der Waals surface area contributed by atoms with Crippen LogP contribution in [0.3, 0.4) is 0 Å². The summed E-state index contributed by atoms with van der Waals surface area (Å²) in [5.41, 5.74) is 6.08. The number of hydrogen-bond donors (Lipinski definition) is 1. The number of benzene rings is 2. The molecule has 0 radical (unpaired) electrons. The molecule has 1 fully saturated rings. The van der Waals surface area contributed by atoms with Crippen LogP contribution in [0.2, 0.25) is 5.02 Å². The summed E-state index contributed by atoms with van der Waals surface area (Å²) in [5, 5.41) is 0.0504. The van der Waals surface area contributed by atoms with Gasteiger partial charge >= 0.3 is 6.18 Å². The molecule has 27 heavy (non-hydrogen) atoms. The number of ether oxygens (including phenoxy) is 1. The highest BCUT2D eigenvalue weighted by Crippen LogP contribution is 2.34. The fraction of sp³-hybridized carbons (Fsp3) is 0.400. The number of nitrogens with two attached hydrogens (primary N) is 1. The zero-order valence-electron chi connectivity index (χ0n) is 14.8. The number of halogens is 4. The Morgan fingerprint density at radius 3 is 2.70 bits per heavy atom. The maximum absolute atomic E-state index is 13.2. The van der Waals surface area contributed by atoms with Crippen LogP contribution in [0, 0.1) is 5.92 Å². The molecule has 3 rings (SSSR count). The molecule has 0 saturated carbocycles. The molecule has 1 saturated heterocycles. The highest BCUT2D eigenvalue weighted by Gasteiger charge is 2.33. The molecule has 2 N–H and O–H groups in total. The van der Waals surface area contributed by atoms with Crippen molar-refractivity contribution < 1.29 is 17.9 Å². The van der Waals surface area contributed by atoms with Gasteiger partial charge in [0.05, 0.1) is 5.56 Å². The first-order chi connectivity index (χ1) is 12.8. The Bertz CT molecular complexity index is 782. The van der Waals surface area contributed by atoms with E-state index in [0.29, 0.717) is 18.2 Å². The molecule has 1 aliphatic rings. The van der Waals surface area contributed by atoms with E-state index < -0.39 is 11.7 Å². The average molecular weight is 399 g/mol. The fourth-order valence-corrected chi connectivity index (χ4v) is 3.51. The minimum atomic E-state index is -4.47. The first-order valence-electron chi connectivity index (χ1n) is 8.85. The van der Waals surface area contributed by atoms with Crippen LogP contribution in [0.1, 0.15) is 23.1 Å². The van der Waals surface area contributed by atoms with Crippen molar-refractivity contribution in [2.75, 3.05) is 19.6 Å². The van der Waals surface area contributed by atoms with Gasteiger partial charge in [0.15, 0.2) is 0 Å². The highest BCUT2D eigenvalue weighted by molar-refractivity contribution is 6.30. The number of alkyl halides is 3. The molecule has 1 aliphatic heterocycles. The lowest BCUT2D eigenvalue weighted by Gasteiger charge is -2.17. The summed E-state index contributed by atoms with van der Waals surface area (Å²) in [6.45, 7) is 3.28. The van der Waals surface area contributed by atoms with Gasteiger partial charge in [-0.2, -0.15) is 13.2 Å². The number of rotatable bonds is 6. The Morgan fingerprint density at radius 1 is 1.19 bits per heavy atom. The van der Waals surface area contributed by atoms with Gasteiger partial charge in [0.2, 0.25) is 0 Å². The van der Waals surface area contributed by atoms with Gasteiger partial charge in [-0.15, -0.1) is 0 Å². The van der Waals surface area contributed by atoms with E-state index in [4.69, 9.17) is 22.1 Å². The molecule has 146 valence electrons. The van der Waals surface area contributed by atoms with E-state index in [9.17, 15) is 13.2 Å². The molecule has 1 atom stereocenters. The molecule has 2 aromatic carbocycles. The maximum Gasteiger partial charge on any atom is 0.416 e. The van der Waals surface area contributed by atoms with E-state index in [1.165, 1.54) is 12.1 Å². The van der Waals surface area contributed by atoms with E-state index in [1.54, 1.807) is 6.07 Å². The topological polar surface area (TPSA) is 38.5 Å². The van der Waals surface area contributed by atoms with Crippen molar-refractivity contribution in [1.29, 1.82) is 0 Å². The number of hydrogen-bond acceptors (Lipinski definition) is 3. The molecule has 0 spiro atoms. The maximum atomic E-state index is 13.2. The second-order valence-corrected chi connectivity index (χ2v) is 7.30. The lowest BCUT2D eigenvalue weighted by atomic mass is 10.1. The molecule has 2 aromatic rings. The first kappa shape index (κ1) is 20.0. The third-order valence-electron chi connectivity index (χ3n) is 4.78. The lowest BCUT2D eigenvalue weighted by molar-refractivity contribution is -0.138. The van der Waals surface area contributed by atoms with Crippen LogP contribution in [-0.2, 0) is 19.3 Å². The molecule has 0 amide bonds. The average Bonchev–Trinajstić information content (AvgIpc) is 3.08. The molecule has 0 aromatic heterocycles. The van der Waals surface area contributed by atoms with Crippen LogP contribution in [0.25, 0.3) is 0 Å². The second kappa shape index (κ2) is 8.50. The quantitative estimate of drug-likeness (QED) is 0.765. The van der Waals surface area contributed by atoms with Crippen molar-refractivity contribution in [3.63, 3.8) is 0 Å². The Hall–Kier alpha value is -1.76. The lowest BCUT2D eigenvalue weighted by Crippen LogP contribution is -2.22. The van der Waals surface area contributed by atoms with Gasteiger partial charge in [0, 0.05) is 23.7 Å². The predicted octanol–water partition coefficient (Wildman–Crippen LogP) is 4.72. The summed E-state index contributed by atoms with van der Waals surface area (Å²) < 4.78 is 45.2. The van der Waals surface area contributed by atoms with Gasteiger partial charge in [-0.05, 0) is 55.3 Å². The van der Waals surface area contributed by atoms with Crippen LogP contribution < -0.4 is 10.5 Å². The van der Waals surface area contributed by atoms with E-state index in [-0.39, 0.29) is 17.2 Å². The molecule has 1 unspecified atom stereocenters. The molecular formula is C20H22ClF3N2O. The summed E-state index contributed by atoms with van der Waals surface area (Å²) in [6, 6.07) is 11.2. The second-order valence-electron chi connectivity index (χ2n) is 6.86. The van der Waals surface area contributed by atoms with Gasteiger partial charge in [-0.3, -0.25) is 4.90 Å². The molecular weight excluding hydrogens is 377 g/mol. The largest absolute Gasteiger partial charge is 0.489 e. The monoisotopic (exact) mass is 398 g/mol. The normalized spacial score (nSPS) is 18.0. The van der Waals surface area contributed by atoms with Crippen molar-refractivity contribution in [2.45, 2.75) is 25.7 Å². The molecule has 0 bridgehead atoms. The van der Waals surface area contributed by atoms with Crippen LogP contribution in [0.15, 0.2) is 42.5 Å². The van der Waals surface area contributed by atoms with Crippen LogP contribution in [-0.4, -0.2) is 24.5 Å². The summed E-state index contributed by atoms with van der Waals surface area (Å²) in [6.07, 6.45) is -3.37. The smallest absolute Gasteiger partial charge is 0.416 e. The van der Waals surface area contributed by atoms with Crippen LogP contribution >= 0.6 is 11.6 Å². The zero-order valence-corrected chi connectivity index (χ0v) is 15.6. The summed E-state index contributed by atoms with van der Waals surface area (Å²) in [5.74, 6) is 1.08. The molecule has 7 heteroatoms. The van der Waals surface area contributed by atoms with Crippen LogP contribution in [0.5, 0.6) is 5.75 Å². The third-order valence-corrected chi connectivity index (χ3v) is 5.01. The van der Waals surface area contributed by atoms with Crippen molar-refractivity contribution in [3.05, 3.63) is 64.2 Å². The number of likely N-dealkylation sites (tertiary alicyclic amines) is 1. The van der Waals surface area contributed by atoms with Crippen LogP contribution in [0.4, 0.5) is 13.2 Å². The van der Waals surface area contributed by atoms with E-state index in [0.717, 1.165) is 37.7 Å². The molecule has 1 heterocycles. The SMILES string of the molecule is NCC1CCN(Cc2cccc(OCc3ccc(Cl)cc3C(F)(F)F)c2)C1. The van der Waals surface area contributed by atoms with Gasteiger partial charge in [-0.25, -0.2) is 0 Å². The molecule has 0 aliphatic carbocycles. The summed E-state index contributed by atoms with van der Waals surface area (Å²) >= 11 is 5.71. The Kier molecular flexibility index (Phi) is 6.29. The van der Waals surface area contributed by atoms with Crippen molar-refractivity contribution in [1.82, 2.24) is 4.90 Å². The van der Waals surface area contributed by atoms with Gasteiger partial charge in [-0.1, -0.05) is 29.8 Å². The third kappa shape index (κ3) is 5.37. The fourth-order valence-electron chi connectivity index (χ4n) is 3.34. The van der Waals surface area contributed by atoms with Gasteiger partial charge in [0.1, 0.15) is 12.4 Å². The van der Waals surface area contributed by atoms with E-state index in [2.05, 4.69) is 4.90 Å². The van der Waals surface area contributed by atoms with Crippen molar-refractivity contribution in [2.24, 2.45) is 11.7 Å². The predicted molar refractivity (Wildman–Crippen MR) is 99.7 cm³/mol. The van der Waals surface area contributed by atoms with Gasteiger partial charge in [0.25, 0.3) is 0 Å². The minimum Gasteiger partial charge on any atom is -0.489 e. The molecule has 3 nitrogen and oxygen atoms in total. The Labute approximate surface area is 161 Å². The van der Waals surface area contributed by atoms with E-state index in [1.807, 2.05) is 18.2 Å². The Morgan fingerprint density at radius 2 is 2.00 bits per heavy atom. The van der Waals surface area contributed by atoms with Crippen molar-refractivity contribution in [3.8, 4) is 5.75 Å². The summed E-state index contributed by atoms with van der Waals surface area (Å²) in [4.78, 5) is 2.33.